The number of hydrogen-bond acceptors (Lipinski definition) is 10. The summed E-state index contributed by atoms with van der Waals surface area (Å²) in [6.45, 7) is -0.328. The first-order valence-corrected chi connectivity index (χ1v) is 8.25. The fourth-order valence-corrected chi connectivity index (χ4v) is 3.82. The second kappa shape index (κ2) is 6.76. The minimum atomic E-state index is -2.34. The van der Waals surface area contributed by atoms with Crippen molar-refractivity contribution in [3.8, 4) is 0 Å². The molecule has 0 spiro atoms. The van der Waals surface area contributed by atoms with Gasteiger partial charge in [0.2, 0.25) is 5.72 Å². The molecule has 1 aromatic heterocycles. The van der Waals surface area contributed by atoms with E-state index in [0.717, 1.165) is 19.2 Å². The molecule has 7 N–H and O–H groups in total. The lowest BCUT2D eigenvalue weighted by Crippen LogP contribution is -2.66. The molecular weight excluding hydrogens is 368 g/mol. The Labute approximate surface area is 151 Å². The number of aromatic amines is 1. The Morgan fingerprint density at radius 2 is 1.78 bits per heavy atom. The number of H-pyrrole nitrogens is 1. The second-order valence-electron chi connectivity index (χ2n) is 6.87. The van der Waals surface area contributed by atoms with Gasteiger partial charge in [0.15, 0.2) is 0 Å². The standard InChI is InChI=1S/C15H22N2O10/c1-14(25)11(23)7(5-19)27-15(14,17-3-2-8(20)16-13(17)24)12-10(22)9(21)6(4-18)26-12/h2-3,6-7,9-12,18-19,21-23,25H,4-5H2,1H3,(H,16,20,24)/t6-,7+,9-,10+,11+,12-,14+,15+/m0/s1. The van der Waals surface area contributed by atoms with Crippen molar-refractivity contribution in [2.45, 2.75) is 54.9 Å². The monoisotopic (exact) mass is 390 g/mol. The number of hydrogen-bond donors (Lipinski definition) is 7. The zero-order valence-corrected chi connectivity index (χ0v) is 14.3. The number of rotatable bonds is 4. The van der Waals surface area contributed by atoms with Crippen molar-refractivity contribution >= 4 is 0 Å². The van der Waals surface area contributed by atoms with Crippen molar-refractivity contribution in [2.75, 3.05) is 13.2 Å². The number of nitrogens with zero attached hydrogens (tertiary/aromatic N) is 1. The maximum Gasteiger partial charge on any atom is 0.330 e. The van der Waals surface area contributed by atoms with Gasteiger partial charge in [0, 0.05) is 12.3 Å². The molecule has 12 nitrogen and oxygen atoms in total. The molecule has 2 saturated heterocycles. The van der Waals surface area contributed by atoms with Crippen molar-refractivity contribution in [3.63, 3.8) is 0 Å². The van der Waals surface area contributed by atoms with Crippen LogP contribution in [0.5, 0.6) is 0 Å². The maximum absolute atomic E-state index is 12.4. The van der Waals surface area contributed by atoms with Crippen LogP contribution >= 0.6 is 0 Å². The molecular formula is C15H22N2O10. The van der Waals surface area contributed by atoms with Crippen LogP contribution in [-0.4, -0.2) is 95.6 Å². The smallest absolute Gasteiger partial charge is 0.330 e. The fourth-order valence-electron chi connectivity index (χ4n) is 3.82. The molecule has 0 radical (unpaired) electrons. The highest BCUT2D eigenvalue weighted by atomic mass is 16.6. The highest BCUT2D eigenvalue weighted by molar-refractivity contribution is 5.16. The molecule has 152 valence electrons. The molecule has 8 atom stereocenters. The lowest BCUT2D eigenvalue weighted by Gasteiger charge is -2.44. The average Bonchev–Trinajstić information content (AvgIpc) is 3.01. The van der Waals surface area contributed by atoms with Crippen molar-refractivity contribution in [1.29, 1.82) is 0 Å². The topological polar surface area (TPSA) is 195 Å². The van der Waals surface area contributed by atoms with E-state index in [1.54, 1.807) is 0 Å². The molecule has 0 saturated carbocycles. The molecule has 12 heteroatoms. The average molecular weight is 390 g/mol. The van der Waals surface area contributed by atoms with Crippen LogP contribution in [0.4, 0.5) is 0 Å². The van der Waals surface area contributed by atoms with Crippen LogP contribution in [0, 0.1) is 0 Å². The molecule has 0 bridgehead atoms. The third-order valence-corrected chi connectivity index (χ3v) is 5.27. The van der Waals surface area contributed by atoms with Gasteiger partial charge in [-0.05, 0) is 6.92 Å². The van der Waals surface area contributed by atoms with Gasteiger partial charge in [-0.15, -0.1) is 0 Å². The molecule has 0 aliphatic carbocycles. The van der Waals surface area contributed by atoms with E-state index in [9.17, 15) is 40.2 Å². The number of aromatic nitrogens is 2. The van der Waals surface area contributed by atoms with E-state index in [4.69, 9.17) is 9.47 Å². The third kappa shape index (κ3) is 2.68. The zero-order valence-electron chi connectivity index (χ0n) is 14.3. The minimum absolute atomic E-state index is 0.681. The first-order valence-electron chi connectivity index (χ1n) is 8.25. The third-order valence-electron chi connectivity index (χ3n) is 5.27. The van der Waals surface area contributed by atoms with Crippen molar-refractivity contribution < 1.29 is 40.1 Å². The van der Waals surface area contributed by atoms with E-state index in [1.165, 1.54) is 0 Å². The molecule has 27 heavy (non-hydrogen) atoms. The van der Waals surface area contributed by atoms with Gasteiger partial charge in [-0.2, -0.15) is 0 Å². The van der Waals surface area contributed by atoms with E-state index in [2.05, 4.69) is 0 Å². The van der Waals surface area contributed by atoms with Crippen LogP contribution in [0.3, 0.4) is 0 Å². The predicted octanol–water partition coefficient (Wildman–Crippen LogP) is -4.83. The van der Waals surface area contributed by atoms with E-state index in [1.807, 2.05) is 4.98 Å². The van der Waals surface area contributed by atoms with Crippen molar-refractivity contribution in [2.24, 2.45) is 0 Å². The summed E-state index contributed by atoms with van der Waals surface area (Å²) in [5.74, 6) is 0. The van der Waals surface area contributed by atoms with Gasteiger partial charge in [0.05, 0.1) is 13.2 Å². The van der Waals surface area contributed by atoms with Gasteiger partial charge in [0.1, 0.15) is 42.2 Å². The quantitative estimate of drug-likeness (QED) is 0.262. The number of aliphatic hydroxyl groups excluding tert-OH is 5. The molecule has 1 aromatic rings. The van der Waals surface area contributed by atoms with Crippen LogP contribution in [0.2, 0.25) is 0 Å². The highest BCUT2D eigenvalue weighted by Gasteiger charge is 2.71. The molecule has 3 heterocycles. The lowest BCUT2D eigenvalue weighted by molar-refractivity contribution is -0.262. The summed E-state index contributed by atoms with van der Waals surface area (Å²) in [5, 5.41) is 60.9. The molecule has 2 aliphatic heterocycles. The summed E-state index contributed by atoms with van der Waals surface area (Å²) in [6, 6.07) is 0.947. The van der Waals surface area contributed by atoms with E-state index in [-0.39, 0.29) is 0 Å². The molecule has 2 aliphatic rings. The van der Waals surface area contributed by atoms with Gasteiger partial charge < -0.3 is 40.1 Å². The maximum atomic E-state index is 12.4. The van der Waals surface area contributed by atoms with Gasteiger partial charge >= 0.3 is 5.69 Å². The Morgan fingerprint density at radius 1 is 1.15 bits per heavy atom. The first kappa shape index (κ1) is 20.1. The summed E-state index contributed by atoms with van der Waals surface area (Å²) >= 11 is 0. The molecule has 0 unspecified atom stereocenters. The predicted molar refractivity (Wildman–Crippen MR) is 85.6 cm³/mol. The molecule has 0 amide bonds. The van der Waals surface area contributed by atoms with Crippen molar-refractivity contribution in [1.82, 2.24) is 9.55 Å². The first-order chi connectivity index (χ1) is 12.6. The van der Waals surface area contributed by atoms with Crippen molar-refractivity contribution in [3.05, 3.63) is 33.1 Å². The normalized spacial score (nSPS) is 44.7. The summed E-state index contributed by atoms with van der Waals surface area (Å²) in [5.41, 5.74) is -6.46. The Bertz CT molecular complexity index is 806. The Kier molecular flexibility index (Phi) is 5.03. The van der Waals surface area contributed by atoms with E-state index >= 15 is 0 Å². The Balaban J connectivity index is 2.25. The zero-order chi connectivity index (χ0) is 20.1. The Hall–Kier alpha value is -1.64. The van der Waals surface area contributed by atoms with Crippen LogP contribution in [0.1, 0.15) is 6.92 Å². The van der Waals surface area contributed by atoms with E-state index in [0.29, 0.717) is 4.57 Å². The highest BCUT2D eigenvalue weighted by Crippen LogP contribution is 2.49. The number of nitrogens with one attached hydrogen (secondary N) is 1. The summed E-state index contributed by atoms with van der Waals surface area (Å²) < 4.78 is 11.8. The SMILES string of the molecule is C[C@@]1(O)[C@H](O)[C@@H](CO)O[C@@]1([C@H]1O[C@@H](CO)[C@H](O)[C@H]1O)n1ccc(=O)[nH]c1=O. The number of aliphatic hydroxyl groups is 6. The summed E-state index contributed by atoms with van der Waals surface area (Å²) in [4.78, 5) is 25.8. The molecule has 3 rings (SSSR count). The molecule has 0 aromatic carbocycles. The molecule has 2 fully saturated rings. The minimum Gasteiger partial charge on any atom is -0.394 e. The van der Waals surface area contributed by atoms with Gasteiger partial charge in [-0.25, -0.2) is 4.79 Å². The van der Waals surface area contributed by atoms with Gasteiger partial charge in [-0.3, -0.25) is 14.3 Å². The van der Waals surface area contributed by atoms with Crippen LogP contribution in [-0.2, 0) is 15.2 Å². The summed E-state index contributed by atoms with van der Waals surface area (Å²) in [7, 11) is 0. The van der Waals surface area contributed by atoms with Gasteiger partial charge in [-0.1, -0.05) is 0 Å². The second-order valence-corrected chi connectivity index (χ2v) is 6.87. The van der Waals surface area contributed by atoms with Crippen LogP contribution in [0.15, 0.2) is 21.9 Å². The Morgan fingerprint density at radius 3 is 2.26 bits per heavy atom. The van der Waals surface area contributed by atoms with E-state index < -0.39 is 72.4 Å². The van der Waals surface area contributed by atoms with Gasteiger partial charge in [0.25, 0.3) is 5.56 Å². The lowest BCUT2D eigenvalue weighted by atomic mass is 9.81. The van der Waals surface area contributed by atoms with Crippen LogP contribution < -0.4 is 11.2 Å². The number of ether oxygens (including phenoxy) is 2. The summed E-state index contributed by atoms with van der Waals surface area (Å²) in [6.07, 6.45) is -8.35. The fraction of sp³-hybridized carbons (Fsp3) is 0.733. The largest absolute Gasteiger partial charge is 0.394 e. The van der Waals surface area contributed by atoms with Crippen LogP contribution in [0.25, 0.3) is 0 Å².